The maximum atomic E-state index is 11.5. The van der Waals surface area contributed by atoms with Gasteiger partial charge in [-0.1, -0.05) is 11.6 Å². The highest BCUT2D eigenvalue weighted by Crippen LogP contribution is 2.29. The second-order valence-corrected chi connectivity index (χ2v) is 5.54. The Hall–Kier alpha value is -0.740. The van der Waals surface area contributed by atoms with Crippen molar-refractivity contribution in [3.8, 4) is 0 Å². The van der Waals surface area contributed by atoms with E-state index in [1.165, 1.54) is 0 Å². The van der Waals surface area contributed by atoms with Crippen molar-refractivity contribution in [1.82, 2.24) is 5.32 Å². The number of hydrogen-bond acceptors (Lipinski definition) is 2. The quantitative estimate of drug-likeness (QED) is 0.896. The Labute approximate surface area is 114 Å². The average molecular weight is 318 g/mol. The monoisotopic (exact) mass is 316 g/mol. The number of aryl methyl sites for hydroxylation is 1. The van der Waals surface area contributed by atoms with Crippen LogP contribution in [0, 0.1) is 6.92 Å². The fourth-order valence-electron chi connectivity index (χ4n) is 1.46. The molecule has 0 aromatic heterocycles. The van der Waals surface area contributed by atoms with Crippen LogP contribution < -0.4 is 10.6 Å². The van der Waals surface area contributed by atoms with Gasteiger partial charge in [-0.3, -0.25) is 4.79 Å². The zero-order valence-electron chi connectivity index (χ0n) is 9.52. The van der Waals surface area contributed by atoms with E-state index >= 15 is 0 Å². The number of amides is 1. The molecule has 92 valence electrons. The first-order chi connectivity index (χ1) is 8.06. The Morgan fingerprint density at radius 3 is 2.88 bits per heavy atom. The molecule has 0 saturated heterocycles. The second kappa shape index (κ2) is 5.27. The second-order valence-electron chi connectivity index (χ2n) is 4.28. The minimum Gasteiger partial charge on any atom is -0.375 e. The molecule has 1 amide bonds. The molecule has 0 aliphatic heterocycles. The van der Waals surface area contributed by atoms with Gasteiger partial charge >= 0.3 is 0 Å². The lowest BCUT2D eigenvalue weighted by atomic mass is 10.2. The molecular formula is C12H14BrClN2O. The SMILES string of the molecule is Cc1cc(Br)c(NCC(=O)NC2CC2)cc1Cl. The molecule has 17 heavy (non-hydrogen) atoms. The van der Waals surface area contributed by atoms with Gasteiger partial charge < -0.3 is 10.6 Å². The van der Waals surface area contributed by atoms with Crippen molar-refractivity contribution in [2.24, 2.45) is 0 Å². The molecule has 0 spiro atoms. The van der Waals surface area contributed by atoms with Crippen LogP contribution in [0.1, 0.15) is 18.4 Å². The summed E-state index contributed by atoms with van der Waals surface area (Å²) in [7, 11) is 0. The lowest BCUT2D eigenvalue weighted by molar-refractivity contribution is -0.119. The highest BCUT2D eigenvalue weighted by Gasteiger charge is 2.22. The third-order valence-corrected chi connectivity index (χ3v) is 3.69. The lowest BCUT2D eigenvalue weighted by Gasteiger charge is -2.10. The Morgan fingerprint density at radius 1 is 1.53 bits per heavy atom. The van der Waals surface area contributed by atoms with Crippen LogP contribution >= 0.6 is 27.5 Å². The number of anilines is 1. The van der Waals surface area contributed by atoms with Crippen molar-refractivity contribution in [2.75, 3.05) is 11.9 Å². The summed E-state index contributed by atoms with van der Waals surface area (Å²) in [6, 6.07) is 4.16. The van der Waals surface area contributed by atoms with Gasteiger partial charge in [0, 0.05) is 15.5 Å². The number of hydrogen-bond donors (Lipinski definition) is 2. The van der Waals surface area contributed by atoms with Crippen LogP contribution in [0.5, 0.6) is 0 Å². The van der Waals surface area contributed by atoms with Crippen LogP contribution in [0.15, 0.2) is 16.6 Å². The molecule has 2 rings (SSSR count). The van der Waals surface area contributed by atoms with Crippen molar-refractivity contribution < 1.29 is 4.79 Å². The van der Waals surface area contributed by atoms with Crippen LogP contribution in [-0.2, 0) is 4.79 Å². The molecule has 0 unspecified atom stereocenters. The molecule has 1 saturated carbocycles. The fraction of sp³-hybridized carbons (Fsp3) is 0.417. The van der Waals surface area contributed by atoms with Gasteiger partial charge in [-0.15, -0.1) is 0 Å². The Morgan fingerprint density at radius 2 is 2.24 bits per heavy atom. The van der Waals surface area contributed by atoms with Crippen LogP contribution in [0.25, 0.3) is 0 Å². The van der Waals surface area contributed by atoms with Crippen LogP contribution in [0.2, 0.25) is 5.02 Å². The van der Waals surface area contributed by atoms with Crippen LogP contribution in [-0.4, -0.2) is 18.5 Å². The molecular weight excluding hydrogens is 304 g/mol. The van der Waals surface area contributed by atoms with E-state index in [2.05, 4.69) is 26.6 Å². The van der Waals surface area contributed by atoms with Crippen molar-refractivity contribution in [3.63, 3.8) is 0 Å². The zero-order valence-corrected chi connectivity index (χ0v) is 11.9. The maximum Gasteiger partial charge on any atom is 0.239 e. The molecule has 2 N–H and O–H groups in total. The molecule has 0 radical (unpaired) electrons. The van der Waals surface area contributed by atoms with Gasteiger partial charge in [-0.25, -0.2) is 0 Å². The third-order valence-electron chi connectivity index (χ3n) is 2.63. The predicted molar refractivity (Wildman–Crippen MR) is 73.5 cm³/mol. The fourth-order valence-corrected chi connectivity index (χ4v) is 2.23. The Bertz CT molecular complexity index is 446. The number of rotatable bonds is 4. The summed E-state index contributed by atoms with van der Waals surface area (Å²) < 4.78 is 0.915. The summed E-state index contributed by atoms with van der Waals surface area (Å²) in [5.41, 5.74) is 1.85. The van der Waals surface area contributed by atoms with E-state index in [0.717, 1.165) is 28.6 Å². The minimum atomic E-state index is 0.0242. The average Bonchev–Trinajstić information content (AvgIpc) is 3.05. The number of nitrogens with one attached hydrogen (secondary N) is 2. The minimum absolute atomic E-state index is 0.0242. The molecule has 3 nitrogen and oxygen atoms in total. The third kappa shape index (κ3) is 3.61. The summed E-state index contributed by atoms with van der Waals surface area (Å²) in [5, 5.41) is 6.68. The van der Waals surface area contributed by atoms with E-state index in [0.29, 0.717) is 11.1 Å². The van der Waals surface area contributed by atoms with Crippen molar-refractivity contribution in [1.29, 1.82) is 0 Å². The lowest BCUT2D eigenvalue weighted by Crippen LogP contribution is -2.31. The number of halogens is 2. The molecule has 1 aliphatic carbocycles. The summed E-state index contributed by atoms with van der Waals surface area (Å²) in [6.45, 7) is 2.21. The molecule has 1 fully saturated rings. The van der Waals surface area contributed by atoms with Gasteiger partial charge in [0.05, 0.1) is 12.2 Å². The molecule has 1 aliphatic rings. The van der Waals surface area contributed by atoms with Gasteiger partial charge in [0.2, 0.25) is 5.91 Å². The first kappa shape index (κ1) is 12.7. The highest BCUT2D eigenvalue weighted by molar-refractivity contribution is 9.10. The van der Waals surface area contributed by atoms with Gasteiger partial charge in [-0.05, 0) is 53.4 Å². The topological polar surface area (TPSA) is 41.1 Å². The summed E-state index contributed by atoms with van der Waals surface area (Å²) in [4.78, 5) is 11.5. The maximum absolute atomic E-state index is 11.5. The molecule has 0 heterocycles. The molecule has 0 atom stereocenters. The van der Waals surface area contributed by atoms with E-state index in [1.54, 1.807) is 0 Å². The Balaban J connectivity index is 1.93. The van der Waals surface area contributed by atoms with Crippen molar-refractivity contribution in [3.05, 3.63) is 27.2 Å². The van der Waals surface area contributed by atoms with Gasteiger partial charge in [0.15, 0.2) is 0 Å². The van der Waals surface area contributed by atoms with Gasteiger partial charge in [0.25, 0.3) is 0 Å². The van der Waals surface area contributed by atoms with Crippen molar-refractivity contribution >= 4 is 39.1 Å². The van der Waals surface area contributed by atoms with E-state index in [1.807, 2.05) is 19.1 Å². The number of carbonyl (C=O) groups excluding carboxylic acids is 1. The first-order valence-corrected chi connectivity index (χ1v) is 6.72. The predicted octanol–water partition coefficient (Wildman–Crippen LogP) is 3.10. The van der Waals surface area contributed by atoms with Gasteiger partial charge in [-0.2, -0.15) is 0 Å². The first-order valence-electron chi connectivity index (χ1n) is 5.55. The zero-order chi connectivity index (χ0) is 12.4. The Kier molecular flexibility index (Phi) is 3.94. The number of carbonyl (C=O) groups is 1. The van der Waals surface area contributed by atoms with Crippen LogP contribution in [0.3, 0.4) is 0 Å². The summed E-state index contributed by atoms with van der Waals surface area (Å²) >= 11 is 9.48. The summed E-state index contributed by atoms with van der Waals surface area (Å²) in [6.07, 6.45) is 2.21. The summed E-state index contributed by atoms with van der Waals surface area (Å²) in [5.74, 6) is 0.0242. The van der Waals surface area contributed by atoms with E-state index in [-0.39, 0.29) is 12.5 Å². The normalized spacial score (nSPS) is 14.5. The highest BCUT2D eigenvalue weighted by atomic mass is 79.9. The molecule has 1 aromatic rings. The largest absolute Gasteiger partial charge is 0.375 e. The molecule has 1 aromatic carbocycles. The standard InChI is InChI=1S/C12H14BrClN2O/c1-7-4-9(13)11(5-10(7)14)15-6-12(17)16-8-2-3-8/h4-5,8,15H,2-3,6H2,1H3,(H,16,17). The van der Waals surface area contributed by atoms with E-state index in [9.17, 15) is 4.79 Å². The number of benzene rings is 1. The molecule has 0 bridgehead atoms. The van der Waals surface area contributed by atoms with Crippen molar-refractivity contribution in [2.45, 2.75) is 25.8 Å². The van der Waals surface area contributed by atoms with Crippen LogP contribution in [0.4, 0.5) is 5.69 Å². The smallest absolute Gasteiger partial charge is 0.239 e. The van der Waals surface area contributed by atoms with Gasteiger partial charge in [0.1, 0.15) is 0 Å². The van der Waals surface area contributed by atoms with E-state index < -0.39 is 0 Å². The van der Waals surface area contributed by atoms with E-state index in [4.69, 9.17) is 11.6 Å². The molecule has 5 heteroatoms.